The SMILES string of the molecule is C[C@H](O)c1nccn1Cc1cc(-c2ccc(C#Cc3ccc(C(=O)NCCO)cc3)cc2)on1. The minimum atomic E-state index is -0.663. The zero-order chi connectivity index (χ0) is 23.9. The molecule has 0 fully saturated rings. The molecule has 172 valence electrons. The molecule has 0 unspecified atom stereocenters. The van der Waals surface area contributed by atoms with Crippen molar-refractivity contribution >= 4 is 5.91 Å². The van der Waals surface area contributed by atoms with Crippen LogP contribution in [0.15, 0.2) is 71.5 Å². The number of aliphatic hydroxyl groups is 2. The molecule has 0 aliphatic carbocycles. The number of aromatic nitrogens is 3. The number of nitrogens with zero attached hydrogens (tertiary/aromatic N) is 3. The smallest absolute Gasteiger partial charge is 0.251 e. The van der Waals surface area contributed by atoms with E-state index in [1.807, 2.05) is 34.9 Å². The zero-order valence-electron chi connectivity index (χ0n) is 18.6. The van der Waals surface area contributed by atoms with Gasteiger partial charge in [-0.3, -0.25) is 4.79 Å². The molecule has 0 aliphatic heterocycles. The van der Waals surface area contributed by atoms with Crippen molar-refractivity contribution < 1.29 is 19.5 Å². The van der Waals surface area contributed by atoms with Crippen LogP contribution >= 0.6 is 0 Å². The van der Waals surface area contributed by atoms with Gasteiger partial charge in [-0.1, -0.05) is 17.0 Å². The molecule has 0 bridgehead atoms. The Labute approximate surface area is 196 Å². The Morgan fingerprint density at radius 2 is 1.79 bits per heavy atom. The summed E-state index contributed by atoms with van der Waals surface area (Å²) >= 11 is 0. The zero-order valence-corrected chi connectivity index (χ0v) is 18.6. The van der Waals surface area contributed by atoms with Crippen LogP contribution in [0.25, 0.3) is 11.3 Å². The lowest BCUT2D eigenvalue weighted by molar-refractivity contribution is 0.0944. The Bertz CT molecular complexity index is 1310. The normalized spacial score (nSPS) is 11.5. The fraction of sp³-hybridized carbons (Fsp3) is 0.192. The van der Waals surface area contributed by atoms with E-state index in [4.69, 9.17) is 9.63 Å². The van der Waals surface area contributed by atoms with Gasteiger partial charge in [-0.25, -0.2) is 4.98 Å². The fourth-order valence-corrected chi connectivity index (χ4v) is 3.36. The molecule has 4 aromatic rings. The van der Waals surface area contributed by atoms with Crippen molar-refractivity contribution in [2.75, 3.05) is 13.2 Å². The van der Waals surface area contributed by atoms with Crippen molar-refractivity contribution in [1.82, 2.24) is 20.0 Å². The summed E-state index contributed by atoms with van der Waals surface area (Å²) in [5.41, 5.74) is 3.76. The third-order valence-corrected chi connectivity index (χ3v) is 5.08. The molecule has 2 aromatic heterocycles. The van der Waals surface area contributed by atoms with Crippen LogP contribution in [-0.4, -0.2) is 44.0 Å². The van der Waals surface area contributed by atoms with E-state index < -0.39 is 6.10 Å². The number of hydrogen-bond acceptors (Lipinski definition) is 6. The number of benzene rings is 2. The van der Waals surface area contributed by atoms with Gasteiger partial charge < -0.3 is 24.6 Å². The summed E-state index contributed by atoms with van der Waals surface area (Å²) in [5.74, 6) is 7.19. The van der Waals surface area contributed by atoms with Gasteiger partial charge in [0.15, 0.2) is 5.76 Å². The van der Waals surface area contributed by atoms with E-state index in [2.05, 4.69) is 27.3 Å². The van der Waals surface area contributed by atoms with Crippen molar-refractivity contribution in [1.29, 1.82) is 0 Å². The largest absolute Gasteiger partial charge is 0.395 e. The van der Waals surface area contributed by atoms with Gasteiger partial charge in [0.1, 0.15) is 17.6 Å². The highest BCUT2D eigenvalue weighted by Gasteiger charge is 2.12. The summed E-state index contributed by atoms with van der Waals surface area (Å²) in [5, 5.41) is 25.3. The van der Waals surface area contributed by atoms with Gasteiger partial charge in [0.25, 0.3) is 5.91 Å². The molecule has 0 aliphatic rings. The van der Waals surface area contributed by atoms with Gasteiger partial charge in [-0.05, 0) is 55.5 Å². The van der Waals surface area contributed by atoms with E-state index in [1.54, 1.807) is 43.6 Å². The summed E-state index contributed by atoms with van der Waals surface area (Å²) < 4.78 is 7.33. The second-order valence-corrected chi connectivity index (χ2v) is 7.66. The molecule has 4 rings (SSSR count). The predicted octanol–water partition coefficient (Wildman–Crippen LogP) is 2.76. The Balaban J connectivity index is 1.40. The number of amides is 1. The van der Waals surface area contributed by atoms with Gasteiger partial charge in [0.05, 0.1) is 13.2 Å². The van der Waals surface area contributed by atoms with Gasteiger partial charge in [0.2, 0.25) is 0 Å². The van der Waals surface area contributed by atoms with Crippen LogP contribution < -0.4 is 5.32 Å². The molecule has 3 N–H and O–H groups in total. The number of imidazole rings is 1. The van der Waals surface area contributed by atoms with Crippen LogP contribution in [0.4, 0.5) is 0 Å². The van der Waals surface area contributed by atoms with Gasteiger partial charge in [-0.2, -0.15) is 0 Å². The standard InChI is InChI=1S/C26H24N4O4/c1-18(32)25-27-12-14-30(25)17-23-16-24(34-29-23)21-8-4-19(5-9-21)2-3-20-6-10-22(11-7-20)26(33)28-13-15-31/h4-12,14,16,18,31-32H,13,15,17H2,1H3,(H,28,33)/t18-/m0/s1. The maximum atomic E-state index is 11.9. The van der Waals surface area contributed by atoms with Crippen molar-refractivity contribution in [2.45, 2.75) is 19.6 Å². The Morgan fingerprint density at radius 3 is 2.44 bits per heavy atom. The number of aliphatic hydroxyl groups excluding tert-OH is 2. The third kappa shape index (κ3) is 5.59. The number of hydrogen-bond donors (Lipinski definition) is 3. The Kier molecular flexibility index (Phi) is 7.18. The lowest BCUT2D eigenvalue weighted by atomic mass is 10.1. The highest BCUT2D eigenvalue weighted by molar-refractivity contribution is 5.94. The molecular formula is C26H24N4O4. The van der Waals surface area contributed by atoms with Crippen LogP contribution in [0.2, 0.25) is 0 Å². The third-order valence-electron chi connectivity index (χ3n) is 5.08. The van der Waals surface area contributed by atoms with E-state index in [9.17, 15) is 9.90 Å². The van der Waals surface area contributed by atoms with Crippen LogP contribution in [0.5, 0.6) is 0 Å². The van der Waals surface area contributed by atoms with Crippen molar-refractivity contribution in [3.05, 3.63) is 95.2 Å². The van der Waals surface area contributed by atoms with Gasteiger partial charge in [0, 0.05) is 47.3 Å². The molecule has 0 radical (unpaired) electrons. The van der Waals surface area contributed by atoms with Crippen molar-refractivity contribution in [3.63, 3.8) is 0 Å². The molecule has 8 nitrogen and oxygen atoms in total. The van der Waals surface area contributed by atoms with Gasteiger partial charge in [-0.15, -0.1) is 0 Å². The number of nitrogens with one attached hydrogen (secondary N) is 1. The highest BCUT2D eigenvalue weighted by Crippen LogP contribution is 2.22. The lowest BCUT2D eigenvalue weighted by Crippen LogP contribution is -2.26. The maximum Gasteiger partial charge on any atom is 0.251 e. The summed E-state index contributed by atoms with van der Waals surface area (Å²) in [6.07, 6.45) is 2.78. The minimum absolute atomic E-state index is 0.0952. The monoisotopic (exact) mass is 456 g/mol. The molecular weight excluding hydrogens is 432 g/mol. The number of carbonyl (C=O) groups excluding carboxylic acids is 1. The first kappa shape index (κ1) is 23.0. The molecule has 0 saturated carbocycles. The van der Waals surface area contributed by atoms with E-state index in [0.717, 1.165) is 22.4 Å². The molecule has 2 aromatic carbocycles. The lowest BCUT2D eigenvalue weighted by Gasteiger charge is -2.07. The van der Waals surface area contributed by atoms with E-state index in [-0.39, 0.29) is 19.1 Å². The summed E-state index contributed by atoms with van der Waals surface area (Å²) in [6, 6.07) is 16.5. The average molecular weight is 457 g/mol. The first-order chi connectivity index (χ1) is 16.5. The van der Waals surface area contributed by atoms with E-state index >= 15 is 0 Å². The molecule has 8 heteroatoms. The van der Waals surface area contributed by atoms with E-state index in [0.29, 0.717) is 23.7 Å². The average Bonchev–Trinajstić information content (AvgIpc) is 3.52. The summed E-state index contributed by atoms with van der Waals surface area (Å²) in [6.45, 7) is 2.25. The Hall–Kier alpha value is -4.19. The number of rotatable bonds is 7. The number of carbonyl (C=O) groups is 1. The molecule has 1 atom stereocenters. The fourth-order valence-electron chi connectivity index (χ4n) is 3.36. The maximum absolute atomic E-state index is 11.9. The highest BCUT2D eigenvalue weighted by atomic mass is 16.5. The second-order valence-electron chi connectivity index (χ2n) is 7.66. The van der Waals surface area contributed by atoms with E-state index in [1.165, 1.54) is 0 Å². The molecule has 34 heavy (non-hydrogen) atoms. The van der Waals surface area contributed by atoms with Crippen LogP contribution in [0.1, 0.15) is 46.0 Å². The molecule has 1 amide bonds. The molecule has 2 heterocycles. The second kappa shape index (κ2) is 10.6. The van der Waals surface area contributed by atoms with Crippen LogP contribution in [0.3, 0.4) is 0 Å². The summed E-state index contributed by atoms with van der Waals surface area (Å²) in [7, 11) is 0. The quantitative estimate of drug-likeness (QED) is 0.369. The predicted molar refractivity (Wildman–Crippen MR) is 126 cm³/mol. The van der Waals surface area contributed by atoms with Crippen LogP contribution in [-0.2, 0) is 6.54 Å². The van der Waals surface area contributed by atoms with Crippen LogP contribution in [0, 0.1) is 11.8 Å². The summed E-state index contributed by atoms with van der Waals surface area (Å²) in [4.78, 5) is 16.0. The Morgan fingerprint density at radius 1 is 1.12 bits per heavy atom. The van der Waals surface area contributed by atoms with Crippen molar-refractivity contribution in [3.8, 4) is 23.2 Å². The first-order valence-electron chi connectivity index (χ1n) is 10.8. The first-order valence-corrected chi connectivity index (χ1v) is 10.8. The van der Waals surface area contributed by atoms with Crippen molar-refractivity contribution in [2.24, 2.45) is 0 Å². The van der Waals surface area contributed by atoms with Gasteiger partial charge >= 0.3 is 0 Å². The molecule has 0 spiro atoms. The molecule has 0 saturated heterocycles. The minimum Gasteiger partial charge on any atom is -0.395 e. The topological polar surface area (TPSA) is 113 Å².